The van der Waals surface area contributed by atoms with Crippen molar-refractivity contribution >= 4 is 16.7 Å². The van der Waals surface area contributed by atoms with Crippen LogP contribution in [0.1, 0.15) is 17.5 Å². The number of ether oxygens (including phenoxy) is 1. The molecule has 4 aromatic rings. The first-order valence-electron chi connectivity index (χ1n) is 9.88. The van der Waals surface area contributed by atoms with Crippen LogP contribution >= 0.6 is 0 Å². The van der Waals surface area contributed by atoms with E-state index in [0.717, 1.165) is 38.8 Å². The number of hydrogen-bond acceptors (Lipinski definition) is 4. The number of nitrogens with one attached hydrogen (secondary N) is 1. The number of aryl methyl sites for hydroxylation is 2. The van der Waals surface area contributed by atoms with Crippen LogP contribution in [0.15, 0.2) is 67.3 Å². The van der Waals surface area contributed by atoms with E-state index in [-0.39, 0.29) is 5.91 Å². The molecule has 2 aromatic heterocycles. The molecule has 6 heteroatoms. The van der Waals surface area contributed by atoms with Gasteiger partial charge < -0.3 is 10.1 Å². The number of pyridine rings is 1. The van der Waals surface area contributed by atoms with E-state index in [4.69, 9.17) is 4.74 Å². The smallest absolute Gasteiger partial charge is 0.220 e. The van der Waals surface area contributed by atoms with Crippen molar-refractivity contribution in [3.05, 3.63) is 78.4 Å². The van der Waals surface area contributed by atoms with Crippen LogP contribution in [-0.4, -0.2) is 27.8 Å². The lowest BCUT2D eigenvalue weighted by atomic mass is 9.99. The third-order valence-electron chi connectivity index (χ3n) is 5.14. The average Bonchev–Trinajstić information content (AvgIpc) is 3.22. The van der Waals surface area contributed by atoms with E-state index in [2.05, 4.69) is 27.5 Å². The number of amides is 1. The predicted molar refractivity (Wildman–Crippen MR) is 117 cm³/mol. The molecular formula is C24H24N4O2. The molecule has 0 aliphatic heterocycles. The average molecular weight is 400 g/mol. The maximum atomic E-state index is 12.5. The number of carbonyl (C=O) groups is 1. The van der Waals surface area contributed by atoms with Crippen LogP contribution in [0.2, 0.25) is 0 Å². The zero-order valence-corrected chi connectivity index (χ0v) is 17.1. The molecule has 6 nitrogen and oxygen atoms in total. The van der Waals surface area contributed by atoms with Crippen molar-refractivity contribution in [2.75, 3.05) is 7.11 Å². The molecule has 2 heterocycles. The largest absolute Gasteiger partial charge is 0.496 e. The van der Waals surface area contributed by atoms with Crippen LogP contribution in [0, 0.1) is 0 Å². The minimum atomic E-state index is -0.00299. The molecule has 1 N–H and O–H groups in total. The molecule has 152 valence electrons. The predicted octanol–water partition coefficient (Wildman–Crippen LogP) is 3.89. The Bertz CT molecular complexity index is 1180. The molecule has 0 spiro atoms. The molecular weight excluding hydrogens is 376 g/mol. The summed E-state index contributed by atoms with van der Waals surface area (Å²) < 4.78 is 7.28. The number of methoxy groups -OCH3 is 1. The third-order valence-corrected chi connectivity index (χ3v) is 5.14. The monoisotopic (exact) mass is 400 g/mol. The topological polar surface area (TPSA) is 69.0 Å². The minimum absolute atomic E-state index is 0.00299. The highest BCUT2D eigenvalue weighted by molar-refractivity contribution is 5.88. The maximum Gasteiger partial charge on any atom is 0.220 e. The summed E-state index contributed by atoms with van der Waals surface area (Å²) in [6.07, 6.45) is 8.32. The summed E-state index contributed by atoms with van der Waals surface area (Å²) in [5.74, 6) is 0.812. The van der Waals surface area contributed by atoms with Crippen LogP contribution in [0.4, 0.5) is 0 Å². The van der Waals surface area contributed by atoms with Crippen molar-refractivity contribution in [1.82, 2.24) is 20.1 Å². The van der Waals surface area contributed by atoms with Gasteiger partial charge in [0.25, 0.3) is 0 Å². The van der Waals surface area contributed by atoms with E-state index in [0.29, 0.717) is 19.4 Å². The molecule has 0 saturated heterocycles. The summed E-state index contributed by atoms with van der Waals surface area (Å²) in [6.45, 7) is 0.437. The highest BCUT2D eigenvalue weighted by Crippen LogP contribution is 2.29. The van der Waals surface area contributed by atoms with Crippen molar-refractivity contribution in [3.63, 3.8) is 0 Å². The van der Waals surface area contributed by atoms with Gasteiger partial charge in [-0.1, -0.05) is 30.3 Å². The second-order valence-electron chi connectivity index (χ2n) is 7.23. The lowest BCUT2D eigenvalue weighted by molar-refractivity contribution is -0.121. The molecule has 0 bridgehead atoms. The molecule has 2 aromatic carbocycles. The van der Waals surface area contributed by atoms with Crippen molar-refractivity contribution < 1.29 is 9.53 Å². The van der Waals surface area contributed by atoms with Crippen LogP contribution in [0.3, 0.4) is 0 Å². The van der Waals surface area contributed by atoms with E-state index in [1.54, 1.807) is 30.4 Å². The van der Waals surface area contributed by atoms with Gasteiger partial charge in [0.05, 0.1) is 13.3 Å². The van der Waals surface area contributed by atoms with Gasteiger partial charge in [-0.3, -0.25) is 14.5 Å². The van der Waals surface area contributed by atoms with E-state index in [1.165, 1.54) is 0 Å². The summed E-state index contributed by atoms with van der Waals surface area (Å²) in [5.41, 5.74) is 4.00. The van der Waals surface area contributed by atoms with E-state index < -0.39 is 0 Å². The molecule has 30 heavy (non-hydrogen) atoms. The Balaban J connectivity index is 1.40. The summed E-state index contributed by atoms with van der Waals surface area (Å²) in [7, 11) is 3.54. The van der Waals surface area contributed by atoms with Gasteiger partial charge in [0.1, 0.15) is 5.75 Å². The first kappa shape index (κ1) is 19.6. The van der Waals surface area contributed by atoms with Gasteiger partial charge in [-0.05, 0) is 34.9 Å². The quantitative estimate of drug-likeness (QED) is 0.511. The zero-order chi connectivity index (χ0) is 20.9. The third kappa shape index (κ3) is 4.33. The number of aromatic nitrogens is 3. The second-order valence-corrected chi connectivity index (χ2v) is 7.23. The Labute approximate surface area is 175 Å². The summed E-state index contributed by atoms with van der Waals surface area (Å²) in [4.78, 5) is 16.8. The first-order chi connectivity index (χ1) is 14.6. The highest BCUT2D eigenvalue weighted by atomic mass is 16.5. The van der Waals surface area contributed by atoms with E-state index in [1.807, 2.05) is 43.6 Å². The Morgan fingerprint density at radius 2 is 1.97 bits per heavy atom. The lowest BCUT2D eigenvalue weighted by Gasteiger charge is -2.12. The zero-order valence-electron chi connectivity index (χ0n) is 17.1. The van der Waals surface area contributed by atoms with Gasteiger partial charge in [-0.25, -0.2) is 0 Å². The molecule has 1 amide bonds. The Morgan fingerprint density at radius 3 is 2.77 bits per heavy atom. The number of carbonyl (C=O) groups excluding carboxylic acids is 1. The molecule has 0 unspecified atom stereocenters. The van der Waals surface area contributed by atoms with Gasteiger partial charge in [-0.2, -0.15) is 5.10 Å². The maximum absolute atomic E-state index is 12.5. The van der Waals surface area contributed by atoms with Crippen molar-refractivity contribution in [2.24, 2.45) is 7.05 Å². The minimum Gasteiger partial charge on any atom is -0.496 e. The second kappa shape index (κ2) is 8.78. The van der Waals surface area contributed by atoms with E-state index in [9.17, 15) is 4.79 Å². The normalized spacial score (nSPS) is 10.9. The summed E-state index contributed by atoms with van der Waals surface area (Å²) >= 11 is 0. The molecule has 0 saturated carbocycles. The van der Waals surface area contributed by atoms with Gasteiger partial charge in [-0.15, -0.1) is 0 Å². The fraction of sp³-hybridized carbons (Fsp3) is 0.208. The van der Waals surface area contributed by atoms with Gasteiger partial charge in [0.15, 0.2) is 0 Å². The highest BCUT2D eigenvalue weighted by Gasteiger charge is 2.11. The van der Waals surface area contributed by atoms with Crippen LogP contribution in [0.5, 0.6) is 5.75 Å². The SMILES string of the molecule is COc1ccc2ccccc2c1CCC(=O)NCc1cncc(-c2cnn(C)c2)c1. The molecule has 4 rings (SSSR count). The molecule has 0 aliphatic rings. The molecule has 0 fully saturated rings. The molecule has 0 radical (unpaired) electrons. The van der Waals surface area contributed by atoms with Crippen molar-refractivity contribution in [3.8, 4) is 16.9 Å². The van der Waals surface area contributed by atoms with Crippen LogP contribution in [-0.2, 0) is 24.8 Å². The number of rotatable bonds is 7. The fourth-order valence-electron chi connectivity index (χ4n) is 3.61. The number of fused-ring (bicyclic) bond motifs is 1. The van der Waals surface area contributed by atoms with Crippen molar-refractivity contribution in [1.29, 1.82) is 0 Å². The Kier molecular flexibility index (Phi) is 5.75. The van der Waals surface area contributed by atoms with E-state index >= 15 is 0 Å². The Hall–Kier alpha value is -3.67. The number of nitrogens with zero attached hydrogens (tertiary/aromatic N) is 3. The standard InChI is InChI=1S/C24H24N4O2/c1-28-16-20(15-27-28)19-11-17(12-25-14-19)13-26-24(29)10-8-22-21-6-4-3-5-18(21)7-9-23(22)30-2/h3-7,9,11-12,14-16H,8,10,13H2,1-2H3,(H,26,29). The van der Waals surface area contributed by atoms with Gasteiger partial charge >= 0.3 is 0 Å². The summed E-state index contributed by atoms with van der Waals surface area (Å²) in [5, 5.41) is 9.46. The number of benzene rings is 2. The fourth-order valence-corrected chi connectivity index (χ4v) is 3.61. The molecule has 0 atom stereocenters. The van der Waals surface area contributed by atoms with Crippen LogP contribution in [0.25, 0.3) is 21.9 Å². The van der Waals surface area contributed by atoms with Gasteiger partial charge in [0.2, 0.25) is 5.91 Å². The van der Waals surface area contributed by atoms with Gasteiger partial charge in [0, 0.05) is 55.3 Å². The Morgan fingerprint density at radius 1 is 1.10 bits per heavy atom. The first-order valence-corrected chi connectivity index (χ1v) is 9.88. The van der Waals surface area contributed by atoms with Crippen LogP contribution < -0.4 is 10.1 Å². The summed E-state index contributed by atoms with van der Waals surface area (Å²) in [6, 6.07) is 14.2. The number of hydrogen-bond donors (Lipinski definition) is 1. The molecule has 0 aliphatic carbocycles. The van der Waals surface area contributed by atoms with Crippen molar-refractivity contribution in [2.45, 2.75) is 19.4 Å². The lowest BCUT2D eigenvalue weighted by Crippen LogP contribution is -2.23.